The molecule has 4 heterocycles. The lowest BCUT2D eigenvalue weighted by molar-refractivity contribution is 0.145. The van der Waals surface area contributed by atoms with Crippen LogP contribution in [-0.4, -0.2) is 58.1 Å². The Bertz CT molecular complexity index is 1580. The van der Waals surface area contributed by atoms with Gasteiger partial charge in [0, 0.05) is 37.9 Å². The number of rotatable bonds is 8. The van der Waals surface area contributed by atoms with Gasteiger partial charge in [-0.25, -0.2) is 22.8 Å². The molecule has 2 fully saturated rings. The average Bonchev–Trinajstić information content (AvgIpc) is 3.68. The summed E-state index contributed by atoms with van der Waals surface area (Å²) in [6, 6.07) is 17.7. The van der Waals surface area contributed by atoms with E-state index >= 15 is 0 Å². The maximum Gasteiger partial charge on any atom is 0.245 e. The summed E-state index contributed by atoms with van der Waals surface area (Å²) < 4.78 is 44.5. The zero-order valence-corrected chi connectivity index (χ0v) is 23.6. The molecule has 6 rings (SSSR count). The van der Waals surface area contributed by atoms with Gasteiger partial charge < -0.3 is 14.6 Å². The first kappa shape index (κ1) is 27.6. The monoisotopic (exact) mass is 575 g/mol. The molecule has 2 aliphatic heterocycles. The van der Waals surface area contributed by atoms with E-state index in [1.165, 1.54) is 18.3 Å². The molecule has 0 aliphatic carbocycles. The van der Waals surface area contributed by atoms with Crippen molar-refractivity contribution in [3.8, 4) is 11.3 Å². The molecular weight excluding hydrogens is 541 g/mol. The molecule has 10 heteroatoms. The highest BCUT2D eigenvalue weighted by atomic mass is 32.2. The van der Waals surface area contributed by atoms with Crippen molar-refractivity contribution >= 4 is 15.8 Å². The van der Waals surface area contributed by atoms with Crippen LogP contribution in [0.4, 0.5) is 10.2 Å². The highest BCUT2D eigenvalue weighted by molar-refractivity contribution is 7.89. The van der Waals surface area contributed by atoms with E-state index in [1.54, 1.807) is 34.9 Å². The molecule has 0 bridgehead atoms. The number of aliphatic hydroxyl groups is 1. The van der Waals surface area contributed by atoms with Gasteiger partial charge in [-0.2, -0.15) is 4.31 Å². The van der Waals surface area contributed by atoms with Gasteiger partial charge in [0.2, 0.25) is 10.0 Å². The van der Waals surface area contributed by atoms with E-state index in [4.69, 9.17) is 0 Å². The number of piperidine rings is 1. The predicted molar refractivity (Wildman–Crippen MR) is 155 cm³/mol. The fourth-order valence-corrected chi connectivity index (χ4v) is 7.48. The lowest BCUT2D eigenvalue weighted by Crippen LogP contribution is -2.36. The molecule has 4 aromatic rings. The number of benzene rings is 2. The number of anilines is 1. The quantitative estimate of drug-likeness (QED) is 0.324. The Morgan fingerprint density at radius 1 is 0.951 bits per heavy atom. The first-order chi connectivity index (χ1) is 19.9. The van der Waals surface area contributed by atoms with Gasteiger partial charge in [0.1, 0.15) is 16.5 Å². The van der Waals surface area contributed by atoms with Crippen LogP contribution >= 0.6 is 0 Å². The molecule has 2 aromatic heterocycles. The molecule has 1 N–H and O–H groups in total. The summed E-state index contributed by atoms with van der Waals surface area (Å²) in [5.74, 6) is 0.488. The lowest BCUT2D eigenvalue weighted by atomic mass is 10.0. The number of halogens is 1. The maximum atomic E-state index is 13.8. The van der Waals surface area contributed by atoms with Crippen molar-refractivity contribution in [1.29, 1.82) is 0 Å². The molecule has 0 unspecified atom stereocenters. The van der Waals surface area contributed by atoms with Gasteiger partial charge in [-0.3, -0.25) is 0 Å². The van der Waals surface area contributed by atoms with Crippen molar-refractivity contribution < 1.29 is 17.9 Å². The van der Waals surface area contributed by atoms with Crippen LogP contribution in [0.25, 0.3) is 11.3 Å². The van der Waals surface area contributed by atoms with Gasteiger partial charge in [-0.15, -0.1) is 0 Å². The van der Waals surface area contributed by atoms with Crippen LogP contribution in [0.3, 0.4) is 0 Å². The number of hydrogen-bond donors (Lipinski definition) is 1. The number of nitrogens with zero attached hydrogens (tertiary/aromatic N) is 5. The van der Waals surface area contributed by atoms with Crippen molar-refractivity contribution in [2.24, 2.45) is 0 Å². The van der Waals surface area contributed by atoms with Crippen LogP contribution in [0.2, 0.25) is 0 Å². The van der Waals surface area contributed by atoms with Crippen LogP contribution in [0.15, 0.2) is 84.3 Å². The van der Waals surface area contributed by atoms with Crippen molar-refractivity contribution in [3.63, 3.8) is 0 Å². The highest BCUT2D eigenvalue weighted by Gasteiger charge is 2.36. The second-order valence-electron chi connectivity index (χ2n) is 10.8. The van der Waals surface area contributed by atoms with Crippen LogP contribution in [0.1, 0.15) is 42.9 Å². The summed E-state index contributed by atoms with van der Waals surface area (Å²) in [6.07, 6.45) is 8.43. The second kappa shape index (κ2) is 11.7. The SMILES string of the molecule is O=S(=O)(c1ccc(N2CCC(O)CC2)nc1)N1CCC[C@H]1c1cccc(-c2cncn2CCc2ccc(F)cc2)c1. The summed E-state index contributed by atoms with van der Waals surface area (Å²) >= 11 is 0. The third-order valence-corrected chi connectivity index (χ3v) is 10.0. The number of aryl methyl sites for hydroxylation is 2. The first-order valence-corrected chi connectivity index (χ1v) is 15.6. The van der Waals surface area contributed by atoms with E-state index in [0.29, 0.717) is 39.0 Å². The average molecular weight is 576 g/mol. The van der Waals surface area contributed by atoms with Gasteiger partial charge in [0.25, 0.3) is 0 Å². The molecule has 0 spiro atoms. The minimum absolute atomic E-state index is 0.195. The van der Waals surface area contributed by atoms with Crippen LogP contribution < -0.4 is 4.90 Å². The Morgan fingerprint density at radius 3 is 2.51 bits per heavy atom. The van der Waals surface area contributed by atoms with Crippen LogP contribution in [0.5, 0.6) is 0 Å². The van der Waals surface area contributed by atoms with Crippen LogP contribution in [0, 0.1) is 5.82 Å². The van der Waals surface area contributed by atoms with Crippen molar-refractivity contribution in [1.82, 2.24) is 18.8 Å². The molecule has 2 aromatic carbocycles. The molecule has 0 radical (unpaired) electrons. The third-order valence-electron chi connectivity index (χ3n) is 8.15. The standard InChI is InChI=1S/C31H34FN5O3S/c32-26-8-6-23(7-9-26)12-16-36-22-33-21-30(36)25-4-1-3-24(19-25)29-5-2-15-37(29)41(39,40)28-10-11-31(34-20-28)35-17-13-27(38)14-18-35/h1,3-4,6-11,19-22,27,29,38H,2,5,12-18H2/t29-/m0/s1. The highest BCUT2D eigenvalue weighted by Crippen LogP contribution is 2.38. The first-order valence-electron chi connectivity index (χ1n) is 14.1. The molecule has 1 atom stereocenters. The number of aromatic nitrogens is 3. The zero-order valence-electron chi connectivity index (χ0n) is 22.8. The van der Waals surface area contributed by atoms with E-state index in [2.05, 4.69) is 25.5 Å². The van der Waals surface area contributed by atoms with E-state index in [0.717, 1.165) is 47.5 Å². The fraction of sp³-hybridized carbons (Fsp3) is 0.355. The summed E-state index contributed by atoms with van der Waals surface area (Å²) in [5.41, 5.74) is 3.92. The molecule has 0 amide bonds. The van der Waals surface area contributed by atoms with E-state index in [1.807, 2.05) is 24.4 Å². The molecule has 8 nitrogen and oxygen atoms in total. The van der Waals surface area contributed by atoms with Crippen molar-refractivity contribution in [2.75, 3.05) is 24.5 Å². The van der Waals surface area contributed by atoms with E-state index in [-0.39, 0.29) is 22.9 Å². The molecule has 0 saturated carbocycles. The third kappa shape index (κ3) is 5.91. The normalized spacial score (nSPS) is 18.7. The molecule has 2 saturated heterocycles. The Morgan fingerprint density at radius 2 is 1.76 bits per heavy atom. The number of imidazole rings is 1. The smallest absolute Gasteiger partial charge is 0.245 e. The van der Waals surface area contributed by atoms with Crippen molar-refractivity contribution in [3.05, 3.63) is 96.3 Å². The Balaban J connectivity index is 1.19. The Kier molecular flexibility index (Phi) is 7.88. The number of hydrogen-bond acceptors (Lipinski definition) is 6. The second-order valence-corrected chi connectivity index (χ2v) is 12.7. The van der Waals surface area contributed by atoms with Gasteiger partial charge in [0.05, 0.1) is 30.4 Å². The zero-order chi connectivity index (χ0) is 28.4. The Labute approximate surface area is 240 Å². The topological polar surface area (TPSA) is 91.6 Å². The van der Waals surface area contributed by atoms with Gasteiger partial charge in [0.15, 0.2) is 0 Å². The molecular formula is C31H34FN5O3S. The van der Waals surface area contributed by atoms with E-state index in [9.17, 15) is 17.9 Å². The molecule has 41 heavy (non-hydrogen) atoms. The number of pyridine rings is 1. The molecule has 214 valence electrons. The summed E-state index contributed by atoms with van der Waals surface area (Å²) in [4.78, 5) is 11.1. The van der Waals surface area contributed by atoms with Gasteiger partial charge in [-0.1, -0.05) is 30.3 Å². The van der Waals surface area contributed by atoms with Gasteiger partial charge in [-0.05, 0) is 73.6 Å². The minimum Gasteiger partial charge on any atom is -0.393 e. The predicted octanol–water partition coefficient (Wildman–Crippen LogP) is 4.81. The molecule has 2 aliphatic rings. The maximum absolute atomic E-state index is 13.8. The summed E-state index contributed by atoms with van der Waals surface area (Å²) in [7, 11) is -3.74. The fourth-order valence-electron chi connectivity index (χ4n) is 5.85. The van der Waals surface area contributed by atoms with Crippen molar-refractivity contribution in [2.45, 2.75) is 55.7 Å². The summed E-state index contributed by atoms with van der Waals surface area (Å²) in [5, 5.41) is 9.78. The number of aliphatic hydroxyl groups excluding tert-OH is 1. The Hall–Kier alpha value is -3.60. The van der Waals surface area contributed by atoms with Crippen LogP contribution in [-0.2, 0) is 23.0 Å². The largest absolute Gasteiger partial charge is 0.393 e. The lowest BCUT2D eigenvalue weighted by Gasteiger charge is -2.30. The summed E-state index contributed by atoms with van der Waals surface area (Å²) in [6.45, 7) is 2.56. The van der Waals surface area contributed by atoms with Gasteiger partial charge >= 0.3 is 0 Å². The van der Waals surface area contributed by atoms with E-state index < -0.39 is 10.0 Å². The minimum atomic E-state index is -3.74. The number of sulfonamides is 1.